The molecule has 2 aromatic carbocycles. The molecule has 0 aliphatic carbocycles. The Labute approximate surface area is 153 Å². The summed E-state index contributed by atoms with van der Waals surface area (Å²) in [5, 5.41) is 13.1. The Morgan fingerprint density at radius 1 is 1.12 bits per heavy atom. The zero-order valence-electron chi connectivity index (χ0n) is 12.8. The van der Waals surface area contributed by atoms with E-state index in [9.17, 15) is 9.90 Å². The Kier molecular flexibility index (Phi) is 5.16. The number of hydrogen-bond donors (Lipinski definition) is 2. The maximum absolute atomic E-state index is 12.2. The molecule has 0 aliphatic heterocycles. The number of furan rings is 1. The van der Waals surface area contributed by atoms with Crippen LogP contribution in [0.25, 0.3) is 0 Å². The van der Waals surface area contributed by atoms with E-state index in [2.05, 4.69) is 5.32 Å². The smallest absolute Gasteiger partial charge is 0.291 e. The highest BCUT2D eigenvalue weighted by Crippen LogP contribution is 2.27. The van der Waals surface area contributed by atoms with Crippen LogP contribution in [0.4, 0.5) is 5.69 Å². The maximum atomic E-state index is 12.2. The second-order valence-electron chi connectivity index (χ2n) is 5.10. The van der Waals surface area contributed by atoms with Crippen LogP contribution in [0.3, 0.4) is 0 Å². The van der Waals surface area contributed by atoms with Gasteiger partial charge < -0.3 is 19.6 Å². The summed E-state index contributed by atoms with van der Waals surface area (Å²) < 4.78 is 11.0. The van der Waals surface area contributed by atoms with Crippen molar-refractivity contribution in [3.05, 3.63) is 76.2 Å². The molecule has 0 atom stereocenters. The van der Waals surface area contributed by atoms with Crippen LogP contribution in [-0.4, -0.2) is 11.0 Å². The van der Waals surface area contributed by atoms with Crippen molar-refractivity contribution < 1.29 is 19.1 Å². The zero-order valence-corrected chi connectivity index (χ0v) is 14.3. The van der Waals surface area contributed by atoms with Gasteiger partial charge >= 0.3 is 0 Å². The molecule has 5 nitrogen and oxygen atoms in total. The Balaban J connectivity index is 1.65. The molecule has 0 unspecified atom stereocenters. The fraction of sp³-hybridized carbons (Fsp3) is 0.0556. The first kappa shape index (κ1) is 17.2. The van der Waals surface area contributed by atoms with Crippen molar-refractivity contribution in [2.45, 2.75) is 6.61 Å². The van der Waals surface area contributed by atoms with Crippen molar-refractivity contribution in [1.82, 2.24) is 0 Å². The van der Waals surface area contributed by atoms with E-state index in [1.54, 1.807) is 30.3 Å². The SMILES string of the molecule is O=C(Nc1cc(Cl)ccc1O)c1ccc(COc2ccccc2Cl)o1. The minimum absolute atomic E-state index is 0.0807. The van der Waals surface area contributed by atoms with Crippen LogP contribution in [0.15, 0.2) is 59.0 Å². The summed E-state index contributed by atoms with van der Waals surface area (Å²) in [5.41, 5.74) is 0.197. The number of halogens is 2. The summed E-state index contributed by atoms with van der Waals surface area (Å²) in [6, 6.07) is 14.6. The number of benzene rings is 2. The van der Waals surface area contributed by atoms with E-state index < -0.39 is 5.91 Å². The van der Waals surface area contributed by atoms with Crippen LogP contribution in [-0.2, 0) is 6.61 Å². The van der Waals surface area contributed by atoms with Crippen molar-refractivity contribution in [1.29, 1.82) is 0 Å². The van der Waals surface area contributed by atoms with Crippen LogP contribution in [0.2, 0.25) is 10.0 Å². The molecule has 3 rings (SSSR count). The lowest BCUT2D eigenvalue weighted by Crippen LogP contribution is -2.11. The van der Waals surface area contributed by atoms with Gasteiger partial charge in [0.05, 0.1) is 10.7 Å². The highest BCUT2D eigenvalue weighted by molar-refractivity contribution is 6.32. The predicted molar refractivity (Wildman–Crippen MR) is 95.6 cm³/mol. The highest BCUT2D eigenvalue weighted by atomic mass is 35.5. The fourth-order valence-electron chi connectivity index (χ4n) is 2.08. The van der Waals surface area contributed by atoms with Gasteiger partial charge in [-0.2, -0.15) is 0 Å². The third-order valence-corrected chi connectivity index (χ3v) is 3.85. The van der Waals surface area contributed by atoms with Crippen molar-refractivity contribution in [2.24, 2.45) is 0 Å². The average Bonchev–Trinajstić information content (AvgIpc) is 3.06. The normalized spacial score (nSPS) is 10.5. The summed E-state index contributed by atoms with van der Waals surface area (Å²) >= 11 is 11.9. The van der Waals surface area contributed by atoms with Crippen molar-refractivity contribution >= 4 is 34.8 Å². The minimum atomic E-state index is -0.512. The van der Waals surface area contributed by atoms with E-state index in [4.69, 9.17) is 32.4 Å². The molecule has 0 saturated heterocycles. The lowest BCUT2D eigenvalue weighted by atomic mass is 10.3. The quantitative estimate of drug-likeness (QED) is 0.605. The first-order valence-corrected chi connectivity index (χ1v) is 8.04. The van der Waals surface area contributed by atoms with E-state index >= 15 is 0 Å². The first-order valence-electron chi connectivity index (χ1n) is 7.29. The van der Waals surface area contributed by atoms with Gasteiger partial charge in [-0.15, -0.1) is 0 Å². The molecule has 128 valence electrons. The number of anilines is 1. The van der Waals surface area contributed by atoms with Crippen LogP contribution in [0, 0.1) is 0 Å². The van der Waals surface area contributed by atoms with E-state index in [0.717, 1.165) is 0 Å². The van der Waals surface area contributed by atoms with Gasteiger partial charge in [0.15, 0.2) is 5.76 Å². The molecule has 0 radical (unpaired) electrons. The molecule has 25 heavy (non-hydrogen) atoms. The lowest BCUT2D eigenvalue weighted by molar-refractivity contribution is 0.0992. The second-order valence-corrected chi connectivity index (χ2v) is 5.94. The van der Waals surface area contributed by atoms with Crippen LogP contribution < -0.4 is 10.1 Å². The van der Waals surface area contributed by atoms with Gasteiger partial charge in [0.2, 0.25) is 0 Å². The molecule has 0 aliphatic rings. The minimum Gasteiger partial charge on any atom is -0.506 e. The van der Waals surface area contributed by atoms with Crippen LogP contribution >= 0.6 is 23.2 Å². The number of rotatable bonds is 5. The molecule has 0 bridgehead atoms. The van der Waals surface area contributed by atoms with Gasteiger partial charge in [0, 0.05) is 5.02 Å². The number of ether oxygens (including phenoxy) is 1. The largest absolute Gasteiger partial charge is 0.506 e. The predicted octanol–water partition coefficient (Wildman–Crippen LogP) is 5.12. The number of carbonyl (C=O) groups is 1. The molecule has 0 fully saturated rings. The van der Waals surface area contributed by atoms with Crippen molar-refractivity contribution in [3.8, 4) is 11.5 Å². The number of nitrogens with one attached hydrogen (secondary N) is 1. The highest BCUT2D eigenvalue weighted by Gasteiger charge is 2.14. The monoisotopic (exact) mass is 377 g/mol. The van der Waals surface area contributed by atoms with E-state index in [1.807, 2.05) is 0 Å². The second kappa shape index (κ2) is 7.51. The fourth-order valence-corrected chi connectivity index (χ4v) is 2.44. The molecular weight excluding hydrogens is 365 g/mol. The third kappa shape index (κ3) is 4.26. The van der Waals surface area contributed by atoms with Gasteiger partial charge in [0.1, 0.15) is 23.9 Å². The molecule has 2 N–H and O–H groups in total. The summed E-state index contributed by atoms with van der Waals surface area (Å²) in [6.07, 6.45) is 0. The number of carbonyl (C=O) groups excluding carboxylic acids is 1. The molecule has 0 saturated carbocycles. The van der Waals surface area contributed by atoms with Crippen LogP contribution in [0.5, 0.6) is 11.5 Å². The Morgan fingerprint density at radius 2 is 1.92 bits per heavy atom. The Bertz CT molecular complexity index is 908. The summed E-state index contributed by atoms with van der Waals surface area (Å²) in [5.74, 6) is 0.459. The van der Waals surface area contributed by atoms with Gasteiger partial charge in [-0.05, 0) is 42.5 Å². The molecule has 3 aromatic rings. The van der Waals surface area contributed by atoms with Gasteiger partial charge in [-0.1, -0.05) is 35.3 Å². The number of para-hydroxylation sites is 1. The summed E-state index contributed by atoms with van der Waals surface area (Å²) in [4.78, 5) is 12.2. The molecular formula is C18H13Cl2NO4. The molecule has 7 heteroatoms. The van der Waals surface area contributed by atoms with E-state index in [0.29, 0.717) is 21.6 Å². The van der Waals surface area contributed by atoms with E-state index in [-0.39, 0.29) is 23.8 Å². The van der Waals surface area contributed by atoms with Crippen molar-refractivity contribution in [2.75, 3.05) is 5.32 Å². The van der Waals surface area contributed by atoms with Gasteiger partial charge in [-0.25, -0.2) is 0 Å². The first-order chi connectivity index (χ1) is 12.0. The average molecular weight is 378 g/mol. The molecule has 0 spiro atoms. The number of aromatic hydroxyl groups is 1. The van der Waals surface area contributed by atoms with E-state index in [1.165, 1.54) is 24.3 Å². The summed E-state index contributed by atoms with van der Waals surface area (Å²) in [7, 11) is 0. The van der Waals surface area contributed by atoms with Gasteiger partial charge in [0.25, 0.3) is 5.91 Å². The topological polar surface area (TPSA) is 71.7 Å². The number of phenolic OH excluding ortho intramolecular Hbond substituents is 1. The van der Waals surface area contributed by atoms with Crippen LogP contribution in [0.1, 0.15) is 16.3 Å². The Hall–Kier alpha value is -2.63. The standard InChI is InChI=1S/C18H13Cl2NO4/c19-11-5-7-15(22)14(9-11)21-18(23)17-8-6-12(25-17)10-24-16-4-2-1-3-13(16)20/h1-9,22H,10H2,(H,21,23). The van der Waals surface area contributed by atoms with Crippen molar-refractivity contribution in [3.63, 3.8) is 0 Å². The zero-order chi connectivity index (χ0) is 17.8. The third-order valence-electron chi connectivity index (χ3n) is 3.30. The maximum Gasteiger partial charge on any atom is 0.291 e. The summed E-state index contributed by atoms with van der Waals surface area (Å²) in [6.45, 7) is 0.124. The Morgan fingerprint density at radius 3 is 2.72 bits per heavy atom. The lowest BCUT2D eigenvalue weighted by Gasteiger charge is -2.07. The number of phenols is 1. The molecule has 1 aromatic heterocycles. The number of amides is 1. The van der Waals surface area contributed by atoms with Gasteiger partial charge in [-0.3, -0.25) is 4.79 Å². The number of hydrogen-bond acceptors (Lipinski definition) is 4. The molecule has 1 heterocycles. The molecule has 1 amide bonds.